The molecule has 1 N–H and O–H groups in total. The highest BCUT2D eigenvalue weighted by Crippen LogP contribution is 2.34. The van der Waals surface area contributed by atoms with Crippen molar-refractivity contribution in [1.82, 2.24) is 19.9 Å². The normalized spacial score (nSPS) is 15.9. The maximum absolute atomic E-state index is 14.8. The molecule has 3 aromatic rings. The lowest BCUT2D eigenvalue weighted by Gasteiger charge is -2.37. The summed E-state index contributed by atoms with van der Waals surface area (Å²) >= 11 is 1.37. The molecular weight excluding hydrogens is 403 g/mol. The summed E-state index contributed by atoms with van der Waals surface area (Å²) in [7, 11) is 3.83. The number of hydrogen-bond donors (Lipinski definition) is 1. The zero-order valence-electron chi connectivity index (χ0n) is 17.1. The van der Waals surface area contributed by atoms with Crippen molar-refractivity contribution in [1.29, 1.82) is 0 Å². The van der Waals surface area contributed by atoms with Gasteiger partial charge in [0.25, 0.3) is 0 Å². The number of aliphatic hydroxyl groups is 1. The number of aromatic nitrogens is 3. The number of halogens is 1. The fraction of sp³-hybridized carbons (Fsp3) is 0.381. The Labute approximate surface area is 179 Å². The Morgan fingerprint density at radius 3 is 2.50 bits per heavy atom. The van der Waals surface area contributed by atoms with E-state index in [4.69, 9.17) is 0 Å². The van der Waals surface area contributed by atoms with Gasteiger partial charge < -0.3 is 14.9 Å². The van der Waals surface area contributed by atoms with E-state index in [9.17, 15) is 9.50 Å². The molecule has 1 aliphatic rings. The molecule has 1 aliphatic heterocycles. The first-order valence-corrected chi connectivity index (χ1v) is 10.7. The lowest BCUT2D eigenvalue weighted by Crippen LogP contribution is -2.46. The summed E-state index contributed by atoms with van der Waals surface area (Å²) in [6.07, 6.45) is 4.43. The molecule has 0 bridgehead atoms. The SMILES string of the molecule is CN(C)c1ncc(CN2CCN(c3c(F)cccc3C(O)c3nccs3)CC2)cn1. The minimum absolute atomic E-state index is 0.316. The van der Waals surface area contributed by atoms with E-state index in [1.807, 2.05) is 41.7 Å². The molecule has 0 amide bonds. The van der Waals surface area contributed by atoms with Gasteiger partial charge in [0.15, 0.2) is 0 Å². The van der Waals surface area contributed by atoms with Crippen LogP contribution in [-0.4, -0.2) is 65.2 Å². The first-order valence-electron chi connectivity index (χ1n) is 9.84. The number of nitrogens with zero attached hydrogens (tertiary/aromatic N) is 6. The molecule has 1 saturated heterocycles. The van der Waals surface area contributed by atoms with Crippen LogP contribution in [0.3, 0.4) is 0 Å². The molecule has 1 atom stereocenters. The third kappa shape index (κ3) is 4.43. The Morgan fingerprint density at radius 2 is 1.87 bits per heavy atom. The molecule has 0 radical (unpaired) electrons. The number of para-hydroxylation sites is 1. The van der Waals surface area contributed by atoms with Crippen molar-refractivity contribution in [2.75, 3.05) is 50.1 Å². The number of benzene rings is 1. The van der Waals surface area contributed by atoms with Crippen LogP contribution in [-0.2, 0) is 6.54 Å². The van der Waals surface area contributed by atoms with Crippen LogP contribution >= 0.6 is 11.3 Å². The summed E-state index contributed by atoms with van der Waals surface area (Å²) in [5, 5.41) is 13.1. The van der Waals surface area contributed by atoms with Crippen molar-refractivity contribution in [2.24, 2.45) is 0 Å². The van der Waals surface area contributed by atoms with E-state index < -0.39 is 6.10 Å². The van der Waals surface area contributed by atoms with E-state index in [-0.39, 0.29) is 5.82 Å². The van der Waals surface area contributed by atoms with Gasteiger partial charge in [-0.25, -0.2) is 19.3 Å². The summed E-state index contributed by atoms with van der Waals surface area (Å²) < 4.78 is 14.8. The molecule has 3 heterocycles. The topological polar surface area (TPSA) is 68.6 Å². The monoisotopic (exact) mass is 428 g/mol. The maximum Gasteiger partial charge on any atom is 0.224 e. The third-order valence-corrected chi connectivity index (χ3v) is 6.01. The van der Waals surface area contributed by atoms with Crippen molar-refractivity contribution in [3.8, 4) is 0 Å². The summed E-state index contributed by atoms with van der Waals surface area (Å²) in [4.78, 5) is 19.1. The average Bonchev–Trinajstić information content (AvgIpc) is 3.29. The van der Waals surface area contributed by atoms with E-state index in [2.05, 4.69) is 19.9 Å². The summed E-state index contributed by atoms with van der Waals surface area (Å²) in [5.74, 6) is 0.374. The zero-order valence-corrected chi connectivity index (χ0v) is 17.9. The van der Waals surface area contributed by atoms with Crippen LogP contribution < -0.4 is 9.80 Å². The molecule has 0 aliphatic carbocycles. The van der Waals surface area contributed by atoms with E-state index in [0.717, 1.165) is 25.2 Å². The molecule has 30 heavy (non-hydrogen) atoms. The van der Waals surface area contributed by atoms with Crippen LogP contribution in [0.25, 0.3) is 0 Å². The fourth-order valence-corrected chi connectivity index (χ4v) is 4.28. The van der Waals surface area contributed by atoms with Gasteiger partial charge in [-0.1, -0.05) is 12.1 Å². The molecular formula is C21H25FN6OS. The van der Waals surface area contributed by atoms with Gasteiger partial charge >= 0.3 is 0 Å². The van der Waals surface area contributed by atoms with Crippen LogP contribution in [0.2, 0.25) is 0 Å². The Kier molecular flexibility index (Phi) is 6.21. The molecule has 158 valence electrons. The largest absolute Gasteiger partial charge is 0.381 e. The Balaban J connectivity index is 1.44. The highest BCUT2D eigenvalue weighted by Gasteiger charge is 2.26. The van der Waals surface area contributed by atoms with Gasteiger partial charge in [0.1, 0.15) is 16.9 Å². The first kappa shape index (κ1) is 20.6. The van der Waals surface area contributed by atoms with Crippen molar-refractivity contribution in [3.05, 3.63) is 64.1 Å². The summed E-state index contributed by atoms with van der Waals surface area (Å²) in [6.45, 7) is 3.69. The zero-order chi connectivity index (χ0) is 21.1. The van der Waals surface area contributed by atoms with Gasteiger partial charge in [0.2, 0.25) is 5.95 Å². The van der Waals surface area contributed by atoms with Gasteiger partial charge in [-0.3, -0.25) is 4.90 Å². The average molecular weight is 429 g/mol. The molecule has 1 fully saturated rings. The predicted molar refractivity (Wildman–Crippen MR) is 116 cm³/mol. The lowest BCUT2D eigenvalue weighted by atomic mass is 10.0. The lowest BCUT2D eigenvalue weighted by molar-refractivity contribution is 0.217. The van der Waals surface area contributed by atoms with Gasteiger partial charge in [0.05, 0.1) is 5.69 Å². The smallest absolute Gasteiger partial charge is 0.224 e. The second-order valence-corrected chi connectivity index (χ2v) is 8.43. The first-order chi connectivity index (χ1) is 14.5. The molecule has 1 unspecified atom stereocenters. The van der Waals surface area contributed by atoms with Crippen LogP contribution in [0.1, 0.15) is 22.2 Å². The molecule has 9 heteroatoms. The Hall–Kier alpha value is -2.62. The van der Waals surface area contributed by atoms with Gasteiger partial charge in [-0.2, -0.15) is 0 Å². The Morgan fingerprint density at radius 1 is 1.13 bits per heavy atom. The minimum Gasteiger partial charge on any atom is -0.381 e. The van der Waals surface area contributed by atoms with Crippen molar-refractivity contribution in [2.45, 2.75) is 12.6 Å². The molecule has 0 saturated carbocycles. The number of anilines is 2. The standard InChI is InChI=1S/C21H25FN6OS/c1-26(2)21-24-12-15(13-25-21)14-27-7-9-28(10-8-27)18-16(4-3-5-17(18)22)19(29)20-23-6-11-30-20/h3-6,11-13,19,29H,7-10,14H2,1-2H3. The Bertz CT molecular complexity index is 958. The van der Waals surface area contributed by atoms with Crippen molar-refractivity contribution in [3.63, 3.8) is 0 Å². The van der Waals surface area contributed by atoms with Gasteiger partial charge in [-0.05, 0) is 6.07 Å². The van der Waals surface area contributed by atoms with E-state index in [1.54, 1.807) is 18.3 Å². The molecule has 7 nitrogen and oxygen atoms in total. The predicted octanol–water partition coefficient (Wildman–Crippen LogP) is 2.54. The number of thiazole rings is 1. The van der Waals surface area contributed by atoms with Crippen molar-refractivity contribution < 1.29 is 9.50 Å². The van der Waals surface area contributed by atoms with Crippen LogP contribution in [0.5, 0.6) is 0 Å². The van der Waals surface area contributed by atoms with Gasteiger partial charge in [0, 0.05) is 81.9 Å². The molecule has 0 spiro atoms. The summed E-state index contributed by atoms with van der Waals surface area (Å²) in [5.41, 5.74) is 2.09. The minimum atomic E-state index is -0.930. The van der Waals surface area contributed by atoms with Gasteiger partial charge in [-0.15, -0.1) is 11.3 Å². The molecule has 1 aromatic carbocycles. The number of rotatable bonds is 6. The number of hydrogen-bond acceptors (Lipinski definition) is 8. The second kappa shape index (κ2) is 9.03. The van der Waals surface area contributed by atoms with Crippen LogP contribution in [0.4, 0.5) is 16.0 Å². The maximum atomic E-state index is 14.8. The second-order valence-electron chi connectivity index (χ2n) is 7.50. The van der Waals surface area contributed by atoms with E-state index in [1.165, 1.54) is 17.4 Å². The summed E-state index contributed by atoms with van der Waals surface area (Å²) in [6, 6.07) is 4.86. The third-order valence-electron chi connectivity index (χ3n) is 5.18. The van der Waals surface area contributed by atoms with E-state index in [0.29, 0.717) is 35.3 Å². The molecule has 2 aromatic heterocycles. The quantitative estimate of drug-likeness (QED) is 0.647. The van der Waals surface area contributed by atoms with Crippen LogP contribution in [0, 0.1) is 5.82 Å². The fourth-order valence-electron chi connectivity index (χ4n) is 3.64. The van der Waals surface area contributed by atoms with Crippen molar-refractivity contribution >= 4 is 23.0 Å². The molecule has 4 rings (SSSR count). The van der Waals surface area contributed by atoms with E-state index >= 15 is 0 Å². The number of aliphatic hydroxyl groups excluding tert-OH is 1. The highest BCUT2D eigenvalue weighted by atomic mass is 32.1. The van der Waals surface area contributed by atoms with Crippen LogP contribution in [0.15, 0.2) is 42.2 Å². The number of piperazine rings is 1. The highest BCUT2D eigenvalue weighted by molar-refractivity contribution is 7.09.